The fourth-order valence-electron chi connectivity index (χ4n) is 10.1. The van der Waals surface area contributed by atoms with E-state index < -0.39 is 89.3 Å². The Bertz CT molecular complexity index is 3990. The molecule has 0 fully saturated rings. The van der Waals surface area contributed by atoms with E-state index in [-0.39, 0.29) is 76.4 Å². The Hall–Kier alpha value is -11.5. The molecular formula is C67H58F9N11O9. The average Bonchev–Trinajstić information content (AvgIpc) is 0.778. The molecule has 0 aliphatic carbocycles. The predicted octanol–water partition coefficient (Wildman–Crippen LogP) is 13.0. The number of ether oxygens (including phenoxy) is 3. The van der Waals surface area contributed by atoms with Gasteiger partial charge in [0, 0.05) is 29.8 Å². The monoisotopic (exact) mass is 1330 g/mol. The Kier molecular flexibility index (Phi) is 22.8. The summed E-state index contributed by atoms with van der Waals surface area (Å²) in [6.07, 6.45) is -12.4. The number of anilines is 3. The number of nitrogens with zero attached hydrogens (tertiary/aromatic N) is 8. The number of aromatic nitrogens is 1. The van der Waals surface area contributed by atoms with Gasteiger partial charge in [0.2, 0.25) is 0 Å². The zero-order valence-electron chi connectivity index (χ0n) is 52.0. The van der Waals surface area contributed by atoms with Crippen LogP contribution in [0.5, 0.6) is 0 Å². The van der Waals surface area contributed by atoms with Crippen molar-refractivity contribution in [2.24, 2.45) is 0 Å². The third-order valence-electron chi connectivity index (χ3n) is 14.7. The maximum Gasteiger partial charge on any atom is 0.416 e. The van der Waals surface area contributed by atoms with Crippen LogP contribution in [-0.4, -0.2) is 86.3 Å². The van der Waals surface area contributed by atoms with Gasteiger partial charge < -0.3 is 35.1 Å². The molecule has 96 heavy (non-hydrogen) atoms. The quantitative estimate of drug-likeness (QED) is 0.0520. The van der Waals surface area contributed by atoms with Crippen molar-refractivity contribution >= 4 is 53.1 Å². The Morgan fingerprint density at radius 1 is 0.490 bits per heavy atom. The van der Waals surface area contributed by atoms with E-state index in [0.29, 0.717) is 34.4 Å². The van der Waals surface area contributed by atoms with E-state index in [0.717, 1.165) is 51.1 Å². The summed E-state index contributed by atoms with van der Waals surface area (Å²) in [5.41, 5.74) is 0.140. The summed E-state index contributed by atoms with van der Waals surface area (Å²) in [5, 5.41) is 34.9. The molecule has 6 amide bonds. The summed E-state index contributed by atoms with van der Waals surface area (Å²) in [4.78, 5) is 86.2. The number of alkyl halides is 9. The Morgan fingerprint density at radius 3 is 1.09 bits per heavy atom. The molecule has 9 rings (SSSR count). The highest BCUT2D eigenvalue weighted by Crippen LogP contribution is 2.41. The van der Waals surface area contributed by atoms with Crippen molar-refractivity contribution in [2.75, 3.05) is 55.2 Å². The minimum atomic E-state index is -4.60. The molecule has 0 saturated heterocycles. The van der Waals surface area contributed by atoms with Crippen LogP contribution in [0, 0.1) is 34.0 Å². The third kappa shape index (κ3) is 16.8. The highest BCUT2D eigenvalue weighted by atomic mass is 19.4. The number of hydrogen-bond donors (Lipinski definition) is 3. The van der Waals surface area contributed by atoms with Crippen molar-refractivity contribution in [1.29, 1.82) is 15.8 Å². The molecule has 0 radical (unpaired) electrons. The number of carbonyl (C=O) groups is 6. The van der Waals surface area contributed by atoms with Gasteiger partial charge in [-0.15, -0.1) is 0 Å². The van der Waals surface area contributed by atoms with Gasteiger partial charge in [0.05, 0.1) is 105 Å². The molecule has 3 N–H and O–H groups in total. The van der Waals surface area contributed by atoms with Crippen molar-refractivity contribution in [2.45, 2.75) is 71.3 Å². The van der Waals surface area contributed by atoms with Crippen LogP contribution in [0.15, 0.2) is 173 Å². The lowest BCUT2D eigenvalue weighted by molar-refractivity contribution is -0.140. The van der Waals surface area contributed by atoms with E-state index in [9.17, 15) is 68.3 Å². The minimum absolute atomic E-state index is 0.0371. The smallest absolute Gasteiger partial charge is 0.416 e. The standard InChI is InChI=1S/C24H23F3N4O3.C22H18F3N3O3.C21H17F3N4O3/c1-15-20(22(32)34-12-11-30(2)3)21(17-9-7-16(14-28)8-10-17)29-23(33)31(15)19-6-4-5-18(13-19)24(25,26)27;1-3-31-20(29)18-13(2)28(17-6-4-5-16(11-17)22(23,24)25)21(30)27-19(18)15-9-7-14(12-26)8-10-15;1-3-31-19(29)17-12(2)28(16-6-4-5-14(9-16)21(22,23)24)20(30)27-18(17)13-7-8-15(10-25)26-11-13/h4-10,13,21H,11-12H2,1-3H3,(H,29,33);4-11,19H,3H2,1-2H3,(H,27,30);4-9,11,18H,3H2,1-2H3,(H,27,30). The molecule has 0 bridgehead atoms. The molecule has 3 atom stereocenters. The minimum Gasteiger partial charge on any atom is -0.463 e. The molecule has 3 unspecified atom stereocenters. The number of rotatable bonds is 14. The molecule has 498 valence electrons. The van der Waals surface area contributed by atoms with Gasteiger partial charge in [-0.1, -0.05) is 48.5 Å². The van der Waals surface area contributed by atoms with Crippen LogP contribution >= 0.6 is 0 Å². The van der Waals surface area contributed by atoms with Gasteiger partial charge >= 0.3 is 54.5 Å². The second-order valence-electron chi connectivity index (χ2n) is 21.2. The van der Waals surface area contributed by atoms with E-state index in [1.165, 1.54) is 75.5 Å². The Morgan fingerprint density at radius 2 is 0.812 bits per heavy atom. The SMILES string of the molecule is CC1=C(C(=O)OCCN(C)C)C(c2ccc(C#N)cc2)NC(=O)N1c1cccc(C(F)(F)F)c1.CCOC(=O)C1=C(C)N(c2cccc(C(F)(F)F)c2)C(=O)NC1c1ccc(C#N)cc1.CCOC(=O)C1=C(C)N(c2cccc(C(F)(F)F)c2)C(=O)NC1c1ccc(C#N)nc1. The molecule has 20 nitrogen and oxygen atoms in total. The highest BCUT2D eigenvalue weighted by Gasteiger charge is 2.42. The molecule has 0 spiro atoms. The number of pyridine rings is 1. The van der Waals surface area contributed by atoms with Crippen LogP contribution in [0.1, 0.15) is 103 Å². The van der Waals surface area contributed by atoms with Crippen molar-refractivity contribution in [3.05, 3.63) is 224 Å². The number of amides is 6. The van der Waals surface area contributed by atoms with Crippen LogP contribution in [0.2, 0.25) is 0 Å². The summed E-state index contributed by atoms with van der Waals surface area (Å²) >= 11 is 0. The van der Waals surface area contributed by atoms with Gasteiger partial charge in [-0.05, 0) is 150 Å². The molecule has 3 aliphatic heterocycles. The number of hydrogen-bond acceptors (Lipinski definition) is 14. The van der Waals surface area contributed by atoms with Gasteiger partial charge in [-0.3, -0.25) is 14.7 Å². The van der Waals surface area contributed by atoms with Crippen LogP contribution in [0.4, 0.5) is 71.0 Å². The first-order chi connectivity index (χ1) is 45.4. The maximum atomic E-state index is 13.3. The molecule has 3 aliphatic rings. The number of nitriles is 3. The molecule has 1 aromatic heterocycles. The van der Waals surface area contributed by atoms with E-state index >= 15 is 0 Å². The third-order valence-corrected chi connectivity index (χ3v) is 14.7. The number of halogens is 9. The van der Waals surface area contributed by atoms with Gasteiger partial charge in [0.25, 0.3) is 0 Å². The normalized spacial score (nSPS) is 16.5. The summed E-state index contributed by atoms with van der Waals surface area (Å²) in [5.74, 6) is -2.14. The Balaban J connectivity index is 0.000000203. The van der Waals surface area contributed by atoms with Gasteiger partial charge in [-0.25, -0.2) is 33.8 Å². The van der Waals surface area contributed by atoms with Crippen LogP contribution < -0.4 is 30.7 Å². The number of nitrogens with one attached hydrogen (secondary N) is 3. The summed E-state index contributed by atoms with van der Waals surface area (Å²) < 4.78 is 134. The molecular weight excluding hydrogens is 1270 g/mol. The van der Waals surface area contributed by atoms with Gasteiger partial charge in [0.1, 0.15) is 18.4 Å². The molecule has 0 saturated carbocycles. The van der Waals surface area contributed by atoms with E-state index in [1.807, 2.05) is 37.2 Å². The zero-order chi connectivity index (χ0) is 70.6. The number of urea groups is 3. The molecule has 4 heterocycles. The van der Waals surface area contributed by atoms with E-state index in [4.69, 9.17) is 30.0 Å². The zero-order valence-corrected chi connectivity index (χ0v) is 52.0. The fraction of sp³-hybridized carbons (Fsp3) is 0.254. The van der Waals surface area contributed by atoms with Crippen molar-refractivity contribution < 1.29 is 82.5 Å². The first-order valence-corrected chi connectivity index (χ1v) is 28.8. The second kappa shape index (κ2) is 30.5. The predicted molar refractivity (Wildman–Crippen MR) is 328 cm³/mol. The highest BCUT2D eigenvalue weighted by molar-refractivity contribution is 6.05. The van der Waals surface area contributed by atoms with E-state index in [2.05, 4.69) is 20.9 Å². The number of allylic oxidation sites excluding steroid dienone is 3. The summed E-state index contributed by atoms with van der Waals surface area (Å²) in [7, 11) is 3.63. The molecule has 5 aromatic carbocycles. The molecule has 6 aromatic rings. The topological polar surface area (TPSA) is 263 Å². The summed E-state index contributed by atoms with van der Waals surface area (Å²) in [6, 6.07) is 29.3. The van der Waals surface area contributed by atoms with Crippen LogP contribution in [-0.2, 0) is 47.1 Å². The lowest BCUT2D eigenvalue weighted by Crippen LogP contribution is -2.48. The lowest BCUT2D eigenvalue weighted by Gasteiger charge is -2.35. The first kappa shape index (κ1) is 71.9. The number of carbonyl (C=O) groups excluding carboxylic acids is 6. The number of likely N-dealkylation sites (N-methyl/N-ethyl adjacent to an activating group) is 1. The fourth-order valence-corrected chi connectivity index (χ4v) is 10.1. The molecule has 29 heteroatoms. The maximum absolute atomic E-state index is 13.3. The average molecular weight is 1330 g/mol. The van der Waals surface area contributed by atoms with E-state index in [1.54, 1.807) is 62.4 Å². The van der Waals surface area contributed by atoms with Crippen LogP contribution in [0.25, 0.3) is 0 Å². The lowest BCUT2D eigenvalue weighted by atomic mass is 9.94. The Labute approximate surface area is 543 Å². The largest absolute Gasteiger partial charge is 0.463 e. The number of esters is 3. The van der Waals surface area contributed by atoms with Crippen molar-refractivity contribution in [3.8, 4) is 18.2 Å². The van der Waals surface area contributed by atoms with Crippen molar-refractivity contribution in [3.63, 3.8) is 0 Å². The first-order valence-electron chi connectivity index (χ1n) is 28.8. The summed E-state index contributed by atoms with van der Waals surface area (Å²) in [6.45, 7) is 8.33. The van der Waals surface area contributed by atoms with Crippen LogP contribution in [0.3, 0.4) is 0 Å². The van der Waals surface area contributed by atoms with Gasteiger partial charge in [-0.2, -0.15) is 55.3 Å². The number of benzene rings is 5. The second-order valence-corrected chi connectivity index (χ2v) is 21.2. The van der Waals surface area contributed by atoms with Crippen molar-refractivity contribution in [1.82, 2.24) is 25.8 Å². The van der Waals surface area contributed by atoms with Gasteiger partial charge in [0.15, 0.2) is 0 Å².